The number of fused-ring (bicyclic) bond motifs is 1. The summed E-state index contributed by atoms with van der Waals surface area (Å²) in [5, 5.41) is 6.10. The topological polar surface area (TPSA) is 67.8 Å². The maximum absolute atomic E-state index is 12.8. The molecular formula is C35H46N2O3. The van der Waals surface area contributed by atoms with Crippen molar-refractivity contribution in [1.82, 2.24) is 5.43 Å². The van der Waals surface area contributed by atoms with Crippen LogP contribution >= 0.6 is 0 Å². The van der Waals surface area contributed by atoms with E-state index in [2.05, 4.69) is 17.5 Å². The second-order valence-corrected chi connectivity index (χ2v) is 10.7. The number of unbranched alkanes of at least 4 members (excludes halogenated alkanes) is 12. The molecule has 0 spiro atoms. The van der Waals surface area contributed by atoms with Crippen LogP contribution in [0.5, 0.6) is 5.75 Å². The first-order chi connectivity index (χ1) is 19.6. The molecule has 0 atom stereocenters. The summed E-state index contributed by atoms with van der Waals surface area (Å²) in [6, 6.07) is 18.8. The van der Waals surface area contributed by atoms with Crippen LogP contribution in [-0.2, 0) is 4.79 Å². The number of rotatable bonds is 18. The molecule has 0 fully saturated rings. The number of nitrogens with zero attached hydrogens (tertiary/aromatic N) is 1. The molecule has 5 heteroatoms. The lowest BCUT2D eigenvalue weighted by Gasteiger charge is -2.11. The number of aryl methyl sites for hydroxylation is 1. The second kappa shape index (κ2) is 18.0. The number of hydrazone groups is 1. The first-order valence-electron chi connectivity index (χ1n) is 15.2. The van der Waals surface area contributed by atoms with Gasteiger partial charge < -0.3 is 4.74 Å². The van der Waals surface area contributed by atoms with Gasteiger partial charge in [-0.15, -0.1) is 0 Å². The van der Waals surface area contributed by atoms with Crippen LogP contribution in [0.3, 0.4) is 0 Å². The standard InChI is InChI=1S/C35H46N2O3/c1-3-4-5-6-7-8-9-10-11-12-13-14-15-23-34(38)37-36-27-32-31-22-17-16-20-29(31)24-25-33(32)40-35(39)30-21-18-19-28(2)26-30/h16-22,24-27H,3-15,23H2,1-2H3,(H,37,38). The number of carbonyl (C=O) groups excluding carboxylic acids is 2. The summed E-state index contributed by atoms with van der Waals surface area (Å²) >= 11 is 0. The lowest BCUT2D eigenvalue weighted by Crippen LogP contribution is -2.17. The highest BCUT2D eigenvalue weighted by molar-refractivity contribution is 6.04. The molecule has 0 bridgehead atoms. The number of benzene rings is 3. The monoisotopic (exact) mass is 542 g/mol. The summed E-state index contributed by atoms with van der Waals surface area (Å²) in [5.41, 5.74) is 4.78. The molecule has 3 aromatic rings. The van der Waals surface area contributed by atoms with E-state index in [0.29, 0.717) is 23.3 Å². The lowest BCUT2D eigenvalue weighted by atomic mass is 10.0. The van der Waals surface area contributed by atoms with Crippen LogP contribution in [0.25, 0.3) is 10.8 Å². The van der Waals surface area contributed by atoms with Crippen LogP contribution in [0.15, 0.2) is 65.8 Å². The van der Waals surface area contributed by atoms with Crippen LogP contribution in [-0.4, -0.2) is 18.1 Å². The van der Waals surface area contributed by atoms with Crippen LogP contribution in [0.2, 0.25) is 0 Å². The Kier molecular flexibility index (Phi) is 14.0. The molecule has 1 amide bonds. The largest absolute Gasteiger partial charge is 0.422 e. The minimum absolute atomic E-state index is 0.0992. The highest BCUT2D eigenvalue weighted by Gasteiger charge is 2.14. The van der Waals surface area contributed by atoms with E-state index in [0.717, 1.165) is 29.2 Å². The van der Waals surface area contributed by atoms with Crippen molar-refractivity contribution < 1.29 is 14.3 Å². The Bertz CT molecular complexity index is 1230. The van der Waals surface area contributed by atoms with Gasteiger partial charge in [0.1, 0.15) is 5.75 Å². The van der Waals surface area contributed by atoms with Crippen molar-refractivity contribution in [2.75, 3.05) is 0 Å². The molecule has 3 rings (SSSR count). The molecular weight excluding hydrogens is 496 g/mol. The minimum atomic E-state index is -0.430. The Labute approximate surface area is 240 Å². The maximum atomic E-state index is 12.8. The van der Waals surface area contributed by atoms with Crippen molar-refractivity contribution >= 4 is 28.9 Å². The number of hydrogen-bond donors (Lipinski definition) is 1. The molecule has 0 aliphatic rings. The maximum Gasteiger partial charge on any atom is 0.343 e. The van der Waals surface area contributed by atoms with Gasteiger partial charge in [0.05, 0.1) is 11.8 Å². The Hall–Kier alpha value is -3.47. The SMILES string of the molecule is CCCCCCCCCCCCCCCC(=O)NN=Cc1c(OC(=O)c2cccc(C)c2)ccc2ccccc12. The van der Waals surface area contributed by atoms with Crippen molar-refractivity contribution in [2.45, 2.75) is 104 Å². The van der Waals surface area contributed by atoms with Gasteiger partial charge in [0.2, 0.25) is 5.91 Å². The van der Waals surface area contributed by atoms with E-state index in [1.54, 1.807) is 24.4 Å². The van der Waals surface area contributed by atoms with Crippen LogP contribution in [0.1, 0.15) is 118 Å². The highest BCUT2D eigenvalue weighted by Crippen LogP contribution is 2.27. The first-order valence-corrected chi connectivity index (χ1v) is 15.2. The van der Waals surface area contributed by atoms with E-state index in [4.69, 9.17) is 4.74 Å². The van der Waals surface area contributed by atoms with Crippen molar-refractivity contribution in [1.29, 1.82) is 0 Å². The number of amides is 1. The average Bonchev–Trinajstić information content (AvgIpc) is 2.96. The number of carbonyl (C=O) groups is 2. The first kappa shape index (κ1) is 31.1. The molecule has 0 saturated carbocycles. The Morgan fingerprint density at radius 3 is 2.10 bits per heavy atom. The summed E-state index contributed by atoms with van der Waals surface area (Å²) in [5.74, 6) is -0.127. The fraction of sp³-hybridized carbons (Fsp3) is 0.457. The van der Waals surface area contributed by atoms with Gasteiger partial charge in [-0.25, -0.2) is 10.2 Å². The van der Waals surface area contributed by atoms with Crippen LogP contribution < -0.4 is 10.2 Å². The summed E-state index contributed by atoms with van der Waals surface area (Å²) in [6.45, 7) is 4.20. The fourth-order valence-electron chi connectivity index (χ4n) is 4.96. The number of nitrogens with one attached hydrogen (secondary N) is 1. The van der Waals surface area contributed by atoms with Crippen molar-refractivity contribution in [3.63, 3.8) is 0 Å². The fourth-order valence-corrected chi connectivity index (χ4v) is 4.96. The van der Waals surface area contributed by atoms with Gasteiger partial charge in [0.15, 0.2) is 0 Å². The molecule has 0 heterocycles. The van der Waals surface area contributed by atoms with Crippen LogP contribution in [0.4, 0.5) is 0 Å². The molecule has 40 heavy (non-hydrogen) atoms. The predicted octanol–water partition coefficient (Wildman–Crippen LogP) is 9.30. The van der Waals surface area contributed by atoms with E-state index < -0.39 is 5.97 Å². The van der Waals surface area contributed by atoms with Gasteiger partial charge in [-0.3, -0.25) is 4.79 Å². The molecule has 0 radical (unpaired) electrons. The number of hydrogen-bond acceptors (Lipinski definition) is 4. The minimum Gasteiger partial charge on any atom is -0.422 e. The van der Waals surface area contributed by atoms with Crippen molar-refractivity contribution in [2.24, 2.45) is 5.10 Å². The molecule has 214 valence electrons. The van der Waals surface area contributed by atoms with Crippen LogP contribution in [0, 0.1) is 6.92 Å². The molecule has 0 saturated heterocycles. The van der Waals surface area contributed by atoms with E-state index in [1.165, 1.54) is 70.6 Å². The second-order valence-electron chi connectivity index (χ2n) is 10.7. The normalized spacial score (nSPS) is 11.2. The van der Waals surface area contributed by atoms with Gasteiger partial charge in [-0.1, -0.05) is 132 Å². The van der Waals surface area contributed by atoms with E-state index in [-0.39, 0.29) is 5.91 Å². The highest BCUT2D eigenvalue weighted by atomic mass is 16.5. The summed E-state index contributed by atoms with van der Waals surface area (Å²) in [4.78, 5) is 25.2. The molecule has 1 N–H and O–H groups in total. The van der Waals surface area contributed by atoms with Crippen molar-refractivity contribution in [3.8, 4) is 5.75 Å². The molecule has 3 aromatic carbocycles. The average molecular weight is 543 g/mol. The summed E-state index contributed by atoms with van der Waals surface area (Å²) < 4.78 is 5.76. The smallest absolute Gasteiger partial charge is 0.343 e. The molecule has 0 aromatic heterocycles. The molecule has 0 aliphatic carbocycles. The van der Waals surface area contributed by atoms with E-state index >= 15 is 0 Å². The van der Waals surface area contributed by atoms with E-state index in [9.17, 15) is 9.59 Å². The quantitative estimate of drug-likeness (QED) is 0.0572. The van der Waals surface area contributed by atoms with Gasteiger partial charge in [0.25, 0.3) is 0 Å². The third-order valence-corrected chi connectivity index (χ3v) is 7.28. The Morgan fingerprint density at radius 1 is 0.775 bits per heavy atom. The van der Waals surface area contributed by atoms with Gasteiger partial charge in [-0.05, 0) is 42.3 Å². The van der Waals surface area contributed by atoms with Gasteiger partial charge >= 0.3 is 5.97 Å². The number of ether oxygens (including phenoxy) is 1. The molecule has 0 unspecified atom stereocenters. The lowest BCUT2D eigenvalue weighted by molar-refractivity contribution is -0.121. The number of esters is 1. The zero-order valence-electron chi connectivity index (χ0n) is 24.4. The zero-order valence-corrected chi connectivity index (χ0v) is 24.4. The third-order valence-electron chi connectivity index (χ3n) is 7.28. The predicted molar refractivity (Wildman–Crippen MR) is 166 cm³/mol. The molecule has 5 nitrogen and oxygen atoms in total. The summed E-state index contributed by atoms with van der Waals surface area (Å²) in [6.07, 6.45) is 18.6. The zero-order chi connectivity index (χ0) is 28.4. The van der Waals surface area contributed by atoms with Gasteiger partial charge in [-0.2, -0.15) is 5.10 Å². The Balaban J connectivity index is 1.41. The third kappa shape index (κ3) is 11.0. The van der Waals surface area contributed by atoms with Gasteiger partial charge in [0, 0.05) is 12.0 Å². The van der Waals surface area contributed by atoms with Crippen molar-refractivity contribution in [3.05, 3.63) is 77.4 Å². The van der Waals surface area contributed by atoms with E-state index in [1.807, 2.05) is 49.4 Å². The summed E-state index contributed by atoms with van der Waals surface area (Å²) in [7, 11) is 0. The Morgan fingerprint density at radius 2 is 1.43 bits per heavy atom. The molecule has 0 aliphatic heterocycles.